The Balaban J connectivity index is 2.15. The molecule has 1 aromatic carbocycles. The third kappa shape index (κ3) is 0.803. The van der Waals surface area contributed by atoms with Gasteiger partial charge in [0, 0.05) is 10.9 Å². The minimum Gasteiger partial charge on any atom is -0.324 e. The molecule has 0 bridgehead atoms. The van der Waals surface area contributed by atoms with Gasteiger partial charge < -0.3 is 5.32 Å². The van der Waals surface area contributed by atoms with Gasteiger partial charge >= 0.3 is 0 Å². The van der Waals surface area contributed by atoms with Crippen molar-refractivity contribution in [2.45, 2.75) is 18.3 Å². The lowest BCUT2D eigenvalue weighted by Gasteiger charge is -2.07. The number of fused-ring (bicyclic) bond motifs is 4. The van der Waals surface area contributed by atoms with Gasteiger partial charge in [-0.15, -0.1) is 0 Å². The van der Waals surface area contributed by atoms with Gasteiger partial charge in [-0.3, -0.25) is 9.78 Å². The molecule has 2 heterocycles. The molecule has 78 valence electrons. The molecule has 16 heavy (non-hydrogen) atoms. The molecule has 4 rings (SSSR count). The summed E-state index contributed by atoms with van der Waals surface area (Å²) >= 11 is 0. The van der Waals surface area contributed by atoms with Crippen LogP contribution in [0.4, 0.5) is 5.69 Å². The Morgan fingerprint density at radius 3 is 2.88 bits per heavy atom. The van der Waals surface area contributed by atoms with Gasteiger partial charge in [-0.2, -0.15) is 0 Å². The van der Waals surface area contributed by atoms with E-state index in [-0.39, 0.29) is 11.3 Å². The monoisotopic (exact) mass is 210 g/mol. The highest BCUT2D eigenvalue weighted by Gasteiger charge is 2.57. The molecule has 1 aromatic heterocycles. The Bertz CT molecular complexity index is 629. The summed E-state index contributed by atoms with van der Waals surface area (Å²) in [7, 11) is 0. The lowest BCUT2D eigenvalue weighted by molar-refractivity contribution is -0.117. The Morgan fingerprint density at radius 2 is 2.06 bits per heavy atom. The zero-order valence-corrected chi connectivity index (χ0v) is 8.66. The Labute approximate surface area is 92.5 Å². The van der Waals surface area contributed by atoms with E-state index >= 15 is 0 Å². The van der Waals surface area contributed by atoms with Gasteiger partial charge in [0.2, 0.25) is 5.91 Å². The smallest absolute Gasteiger partial charge is 0.235 e. The maximum absolute atomic E-state index is 11.9. The molecule has 1 spiro atoms. The number of rotatable bonds is 0. The molecule has 1 fully saturated rings. The second-order valence-electron chi connectivity index (χ2n) is 4.60. The Morgan fingerprint density at radius 1 is 1.25 bits per heavy atom. The van der Waals surface area contributed by atoms with Crippen molar-refractivity contribution in [2.75, 3.05) is 5.32 Å². The summed E-state index contributed by atoms with van der Waals surface area (Å²) in [6.07, 6.45) is 3.72. The van der Waals surface area contributed by atoms with Crippen LogP contribution < -0.4 is 5.32 Å². The van der Waals surface area contributed by atoms with E-state index in [0.717, 1.165) is 29.4 Å². The Kier molecular flexibility index (Phi) is 1.26. The highest BCUT2D eigenvalue weighted by molar-refractivity contribution is 6.12. The number of para-hydroxylation sites is 1. The third-order valence-electron chi connectivity index (χ3n) is 3.69. The summed E-state index contributed by atoms with van der Waals surface area (Å²) in [5.41, 5.74) is 2.83. The van der Waals surface area contributed by atoms with Crippen LogP contribution in [0.5, 0.6) is 0 Å². The van der Waals surface area contributed by atoms with Crippen LogP contribution in [0, 0.1) is 0 Å². The number of amides is 1. The number of anilines is 1. The van der Waals surface area contributed by atoms with Crippen LogP contribution >= 0.6 is 0 Å². The fourth-order valence-corrected chi connectivity index (χ4v) is 2.71. The highest BCUT2D eigenvalue weighted by atomic mass is 16.2. The highest BCUT2D eigenvalue weighted by Crippen LogP contribution is 2.56. The molecular weight excluding hydrogens is 200 g/mol. The summed E-state index contributed by atoms with van der Waals surface area (Å²) in [5.74, 6) is 0.153. The fraction of sp³-hybridized carbons (Fsp3) is 0.231. The lowest BCUT2D eigenvalue weighted by atomic mass is 9.94. The summed E-state index contributed by atoms with van der Waals surface area (Å²) in [4.78, 5) is 16.3. The molecule has 0 saturated heterocycles. The van der Waals surface area contributed by atoms with Crippen LogP contribution in [0.15, 0.2) is 30.5 Å². The van der Waals surface area contributed by atoms with Gasteiger partial charge in [0.15, 0.2) is 0 Å². The molecule has 3 nitrogen and oxygen atoms in total. The van der Waals surface area contributed by atoms with Crippen molar-refractivity contribution >= 4 is 22.5 Å². The van der Waals surface area contributed by atoms with E-state index in [0.29, 0.717) is 0 Å². The molecule has 1 aliphatic carbocycles. The first-order valence-corrected chi connectivity index (χ1v) is 5.51. The fourth-order valence-electron chi connectivity index (χ4n) is 2.71. The molecule has 2 aliphatic rings. The van der Waals surface area contributed by atoms with Gasteiger partial charge in [-0.1, -0.05) is 18.2 Å². The summed E-state index contributed by atoms with van der Waals surface area (Å²) in [6.45, 7) is 0. The average Bonchev–Trinajstić information content (AvgIpc) is 3.04. The van der Waals surface area contributed by atoms with Gasteiger partial charge in [0.25, 0.3) is 0 Å². The number of nitrogens with one attached hydrogen (secondary N) is 1. The van der Waals surface area contributed by atoms with Gasteiger partial charge in [0.1, 0.15) is 0 Å². The predicted molar refractivity (Wildman–Crippen MR) is 61.3 cm³/mol. The Hall–Kier alpha value is -1.90. The first kappa shape index (κ1) is 8.28. The largest absolute Gasteiger partial charge is 0.324 e. The molecule has 0 radical (unpaired) electrons. The van der Waals surface area contributed by atoms with E-state index in [1.165, 1.54) is 5.56 Å². The first-order valence-electron chi connectivity index (χ1n) is 5.51. The van der Waals surface area contributed by atoms with Crippen molar-refractivity contribution in [2.24, 2.45) is 0 Å². The molecule has 1 N–H and O–H groups in total. The van der Waals surface area contributed by atoms with E-state index in [1.807, 2.05) is 18.2 Å². The maximum Gasteiger partial charge on any atom is 0.235 e. The molecule has 0 atom stereocenters. The summed E-state index contributed by atoms with van der Waals surface area (Å²) < 4.78 is 0. The van der Waals surface area contributed by atoms with E-state index in [4.69, 9.17) is 0 Å². The van der Waals surface area contributed by atoms with E-state index < -0.39 is 0 Å². The molecular formula is C13H10N2O. The molecule has 0 unspecified atom stereocenters. The van der Waals surface area contributed by atoms with Crippen LogP contribution in [0.1, 0.15) is 18.4 Å². The number of nitrogens with zero attached hydrogens (tertiary/aromatic N) is 1. The van der Waals surface area contributed by atoms with Crippen LogP contribution in [0.2, 0.25) is 0 Å². The number of carbonyl (C=O) groups is 1. The second-order valence-corrected chi connectivity index (χ2v) is 4.60. The van der Waals surface area contributed by atoms with Crippen molar-refractivity contribution in [3.8, 4) is 0 Å². The van der Waals surface area contributed by atoms with Gasteiger partial charge in [-0.25, -0.2) is 0 Å². The number of carbonyl (C=O) groups excluding carboxylic acids is 1. The molecule has 1 amide bonds. The van der Waals surface area contributed by atoms with Crippen molar-refractivity contribution in [3.05, 3.63) is 36.0 Å². The first-order chi connectivity index (χ1) is 7.81. The van der Waals surface area contributed by atoms with E-state index in [1.54, 1.807) is 6.20 Å². The molecule has 2 aromatic rings. The summed E-state index contributed by atoms with van der Waals surface area (Å²) in [6, 6.07) is 8.03. The van der Waals surface area contributed by atoms with Crippen molar-refractivity contribution in [1.82, 2.24) is 4.98 Å². The van der Waals surface area contributed by atoms with E-state index in [9.17, 15) is 4.79 Å². The SMILES string of the molecule is O=C1Nc2cnc3ccccc3c2C12CC2. The minimum atomic E-state index is -0.224. The van der Waals surface area contributed by atoms with Crippen molar-refractivity contribution < 1.29 is 4.79 Å². The minimum absolute atomic E-state index is 0.153. The quantitative estimate of drug-likeness (QED) is 0.724. The number of hydrogen-bond donors (Lipinski definition) is 1. The van der Waals surface area contributed by atoms with Crippen LogP contribution in [0.3, 0.4) is 0 Å². The standard InChI is InChI=1S/C13H10N2O/c16-12-13(5-6-13)11-8-3-1-2-4-9(8)14-7-10(11)15-12/h1-4,7H,5-6H2,(H,15,16). The number of benzene rings is 1. The van der Waals surface area contributed by atoms with Gasteiger partial charge in [-0.05, 0) is 18.9 Å². The molecule has 1 saturated carbocycles. The topological polar surface area (TPSA) is 42.0 Å². The van der Waals surface area contributed by atoms with Crippen LogP contribution in [-0.2, 0) is 10.2 Å². The van der Waals surface area contributed by atoms with Crippen molar-refractivity contribution in [1.29, 1.82) is 0 Å². The number of pyridine rings is 1. The van der Waals surface area contributed by atoms with Crippen LogP contribution in [0.25, 0.3) is 10.9 Å². The lowest BCUT2D eigenvalue weighted by Crippen LogP contribution is -2.18. The number of hydrogen-bond acceptors (Lipinski definition) is 2. The molecule has 3 heteroatoms. The third-order valence-corrected chi connectivity index (χ3v) is 3.69. The summed E-state index contributed by atoms with van der Waals surface area (Å²) in [5, 5.41) is 4.06. The van der Waals surface area contributed by atoms with Gasteiger partial charge in [0.05, 0.1) is 22.8 Å². The van der Waals surface area contributed by atoms with E-state index in [2.05, 4.69) is 16.4 Å². The zero-order chi connectivity index (χ0) is 10.8. The normalized spacial score (nSPS) is 19.9. The predicted octanol–water partition coefficient (Wildman–Crippen LogP) is 2.22. The zero-order valence-electron chi connectivity index (χ0n) is 8.66. The maximum atomic E-state index is 11.9. The number of aromatic nitrogens is 1. The molecule has 1 aliphatic heterocycles. The van der Waals surface area contributed by atoms with Crippen LogP contribution in [-0.4, -0.2) is 10.9 Å². The van der Waals surface area contributed by atoms with Crippen molar-refractivity contribution in [3.63, 3.8) is 0 Å². The average molecular weight is 210 g/mol. The second kappa shape index (κ2) is 2.43.